The lowest BCUT2D eigenvalue weighted by Crippen LogP contribution is -2.16. The topological polar surface area (TPSA) is 102 Å². The van der Waals surface area contributed by atoms with Gasteiger partial charge in [0.05, 0.1) is 6.04 Å². The summed E-state index contributed by atoms with van der Waals surface area (Å²) < 4.78 is 1.49. The second-order valence-electron chi connectivity index (χ2n) is 3.10. The Morgan fingerprint density at radius 3 is 2.81 bits per heavy atom. The van der Waals surface area contributed by atoms with Crippen LogP contribution in [0.2, 0.25) is 0 Å². The molecule has 0 aliphatic carbocycles. The van der Waals surface area contributed by atoms with Gasteiger partial charge >= 0.3 is 0 Å². The molecule has 0 aliphatic heterocycles. The maximum Gasteiger partial charge on any atom is 0.264 e. The molecule has 2 aromatic heterocycles. The van der Waals surface area contributed by atoms with Crippen molar-refractivity contribution in [2.24, 2.45) is 5.73 Å². The van der Waals surface area contributed by atoms with Crippen LogP contribution in [0.25, 0.3) is 5.82 Å². The number of aromatic amines is 1. The molecule has 7 nitrogen and oxygen atoms in total. The average Bonchev–Trinajstić information content (AvgIpc) is 2.67. The van der Waals surface area contributed by atoms with Gasteiger partial charge in [0.1, 0.15) is 6.33 Å². The van der Waals surface area contributed by atoms with E-state index in [-0.39, 0.29) is 24.0 Å². The van der Waals surface area contributed by atoms with Crippen molar-refractivity contribution < 1.29 is 0 Å². The van der Waals surface area contributed by atoms with E-state index in [1.54, 1.807) is 13.0 Å². The lowest BCUT2D eigenvalue weighted by Gasteiger charge is -2.06. The minimum absolute atomic E-state index is 0. The molecule has 0 aliphatic rings. The number of rotatable bonds is 2. The van der Waals surface area contributed by atoms with Crippen LogP contribution in [0, 0.1) is 0 Å². The Hall–Kier alpha value is -1.73. The molecule has 0 fully saturated rings. The Morgan fingerprint density at radius 2 is 2.25 bits per heavy atom. The Labute approximate surface area is 97.1 Å². The predicted octanol–water partition coefficient (Wildman–Crippen LogP) is -0.208. The number of nitrogens with two attached hydrogens (primary N) is 1. The highest BCUT2D eigenvalue weighted by Gasteiger charge is 2.11. The van der Waals surface area contributed by atoms with Gasteiger partial charge in [-0.15, -0.1) is 12.4 Å². The summed E-state index contributed by atoms with van der Waals surface area (Å²) >= 11 is 0. The minimum Gasteiger partial charge on any atom is -0.322 e. The van der Waals surface area contributed by atoms with Crippen LogP contribution in [0.4, 0.5) is 0 Å². The van der Waals surface area contributed by atoms with Crippen LogP contribution >= 0.6 is 12.4 Å². The van der Waals surface area contributed by atoms with Gasteiger partial charge < -0.3 is 5.73 Å². The molecule has 2 rings (SSSR count). The normalized spacial score (nSPS) is 11.9. The van der Waals surface area contributed by atoms with Crippen LogP contribution < -0.4 is 11.3 Å². The molecule has 2 heterocycles. The first kappa shape index (κ1) is 12.3. The molecular weight excluding hydrogens is 232 g/mol. The zero-order valence-corrected chi connectivity index (χ0v) is 9.31. The summed E-state index contributed by atoms with van der Waals surface area (Å²) in [5.74, 6) is 1.08. The van der Waals surface area contributed by atoms with E-state index in [0.717, 1.165) is 0 Å². The number of aromatic nitrogens is 5. The molecule has 2 aromatic rings. The Morgan fingerprint density at radius 1 is 1.50 bits per heavy atom. The zero-order valence-electron chi connectivity index (χ0n) is 8.49. The number of nitrogens with zero attached hydrogens (tertiary/aromatic N) is 4. The quantitative estimate of drug-likeness (QED) is 0.759. The molecule has 0 saturated heterocycles. The molecular formula is C8H11ClN6O. The van der Waals surface area contributed by atoms with Gasteiger partial charge in [-0.1, -0.05) is 0 Å². The number of hydrogen-bond acceptors (Lipinski definition) is 5. The van der Waals surface area contributed by atoms with E-state index in [1.165, 1.54) is 17.1 Å². The van der Waals surface area contributed by atoms with E-state index in [2.05, 4.69) is 20.3 Å². The van der Waals surface area contributed by atoms with Gasteiger partial charge in [-0.2, -0.15) is 14.9 Å². The van der Waals surface area contributed by atoms with Crippen molar-refractivity contribution in [1.29, 1.82) is 0 Å². The third kappa shape index (κ3) is 2.26. The van der Waals surface area contributed by atoms with Crippen molar-refractivity contribution in [3.8, 4) is 5.82 Å². The molecule has 3 N–H and O–H groups in total. The lowest BCUT2D eigenvalue weighted by atomic mass is 10.3. The molecule has 1 atom stereocenters. The molecule has 0 bridgehead atoms. The minimum atomic E-state index is -0.263. The second-order valence-corrected chi connectivity index (χ2v) is 3.10. The van der Waals surface area contributed by atoms with Crippen LogP contribution in [-0.2, 0) is 0 Å². The molecule has 0 amide bonds. The van der Waals surface area contributed by atoms with Crippen LogP contribution in [0.3, 0.4) is 0 Å². The molecule has 0 spiro atoms. The van der Waals surface area contributed by atoms with Gasteiger partial charge in [-0.3, -0.25) is 4.79 Å². The van der Waals surface area contributed by atoms with Crippen LogP contribution in [-0.4, -0.2) is 25.0 Å². The first-order chi connectivity index (χ1) is 7.18. The zero-order chi connectivity index (χ0) is 10.8. The van der Waals surface area contributed by atoms with Crippen LogP contribution in [0.15, 0.2) is 23.3 Å². The van der Waals surface area contributed by atoms with Crippen molar-refractivity contribution in [2.45, 2.75) is 13.0 Å². The molecule has 86 valence electrons. The Balaban J connectivity index is 0.00000128. The van der Waals surface area contributed by atoms with Gasteiger partial charge in [0, 0.05) is 6.07 Å². The van der Waals surface area contributed by atoms with E-state index in [9.17, 15) is 4.79 Å². The van der Waals surface area contributed by atoms with Crippen molar-refractivity contribution in [2.75, 3.05) is 0 Å². The smallest absolute Gasteiger partial charge is 0.264 e. The molecule has 16 heavy (non-hydrogen) atoms. The van der Waals surface area contributed by atoms with Gasteiger partial charge in [-0.25, -0.2) is 10.1 Å². The summed E-state index contributed by atoms with van der Waals surface area (Å²) in [4.78, 5) is 14.8. The van der Waals surface area contributed by atoms with Crippen LogP contribution in [0.5, 0.6) is 0 Å². The molecule has 0 unspecified atom stereocenters. The molecule has 0 radical (unpaired) electrons. The third-order valence-corrected chi connectivity index (χ3v) is 1.86. The summed E-state index contributed by atoms with van der Waals surface area (Å²) in [6, 6.07) is 2.68. The fraction of sp³-hybridized carbons (Fsp3) is 0.250. The summed E-state index contributed by atoms with van der Waals surface area (Å²) in [5, 5.41) is 10.1. The monoisotopic (exact) mass is 242 g/mol. The van der Waals surface area contributed by atoms with E-state index < -0.39 is 0 Å². The summed E-state index contributed by atoms with van der Waals surface area (Å²) in [6.45, 7) is 1.80. The van der Waals surface area contributed by atoms with Crippen molar-refractivity contribution in [1.82, 2.24) is 25.0 Å². The second kappa shape index (κ2) is 4.86. The Kier molecular flexibility index (Phi) is 3.75. The SMILES string of the molecule is C[C@H](N)c1ncnn1-c1ccc(=O)[nH]n1.Cl. The first-order valence-corrected chi connectivity index (χ1v) is 4.40. The van der Waals surface area contributed by atoms with Crippen molar-refractivity contribution in [3.63, 3.8) is 0 Å². The summed E-state index contributed by atoms with van der Waals surface area (Å²) in [7, 11) is 0. The highest BCUT2D eigenvalue weighted by molar-refractivity contribution is 5.85. The van der Waals surface area contributed by atoms with E-state index in [1.807, 2.05) is 0 Å². The highest BCUT2D eigenvalue weighted by atomic mass is 35.5. The third-order valence-electron chi connectivity index (χ3n) is 1.86. The van der Waals surface area contributed by atoms with Crippen molar-refractivity contribution >= 4 is 12.4 Å². The van der Waals surface area contributed by atoms with E-state index in [0.29, 0.717) is 11.6 Å². The Bertz CT molecular complexity index is 499. The average molecular weight is 243 g/mol. The first-order valence-electron chi connectivity index (χ1n) is 4.40. The number of hydrogen-bond donors (Lipinski definition) is 2. The van der Waals surface area contributed by atoms with Crippen molar-refractivity contribution in [3.05, 3.63) is 34.6 Å². The highest BCUT2D eigenvalue weighted by Crippen LogP contribution is 2.08. The molecule has 0 saturated carbocycles. The molecule has 8 heteroatoms. The van der Waals surface area contributed by atoms with E-state index in [4.69, 9.17) is 5.73 Å². The van der Waals surface area contributed by atoms with Gasteiger partial charge in [-0.05, 0) is 13.0 Å². The summed E-state index contributed by atoms with van der Waals surface area (Å²) in [6.07, 6.45) is 1.39. The molecule has 0 aromatic carbocycles. The maximum atomic E-state index is 10.8. The lowest BCUT2D eigenvalue weighted by molar-refractivity contribution is 0.673. The van der Waals surface area contributed by atoms with Gasteiger partial charge in [0.15, 0.2) is 11.6 Å². The largest absolute Gasteiger partial charge is 0.322 e. The standard InChI is InChI=1S/C8H10N6O.ClH/c1-5(9)8-10-4-11-14(8)6-2-3-7(15)13-12-6;/h2-5H,9H2,1H3,(H,13,15);1H/t5-;/m0./s1. The van der Waals surface area contributed by atoms with E-state index >= 15 is 0 Å². The fourth-order valence-corrected chi connectivity index (χ4v) is 1.19. The number of halogens is 1. The van der Waals surface area contributed by atoms with Crippen LogP contribution in [0.1, 0.15) is 18.8 Å². The van der Waals surface area contributed by atoms with Gasteiger partial charge in [0.2, 0.25) is 0 Å². The predicted molar refractivity (Wildman–Crippen MR) is 59.6 cm³/mol. The summed E-state index contributed by atoms with van der Waals surface area (Å²) in [5.41, 5.74) is 5.44. The maximum absolute atomic E-state index is 10.8. The number of nitrogens with one attached hydrogen (secondary N) is 1. The number of H-pyrrole nitrogens is 1. The fourth-order valence-electron chi connectivity index (χ4n) is 1.19. The van der Waals surface area contributed by atoms with Gasteiger partial charge in [0.25, 0.3) is 5.56 Å².